The van der Waals surface area contributed by atoms with Gasteiger partial charge in [0, 0.05) is 6.42 Å². The molecule has 0 radical (unpaired) electrons. The fraction of sp³-hybridized carbons (Fsp3) is 0.710. The van der Waals surface area contributed by atoms with Gasteiger partial charge in [0.2, 0.25) is 0 Å². The molecule has 5 nitrogen and oxygen atoms in total. The highest BCUT2D eigenvalue weighted by atomic mass is 16.5. The van der Waals surface area contributed by atoms with Crippen LogP contribution in [0.1, 0.15) is 85.0 Å². The molecule has 0 aromatic heterocycles. The summed E-state index contributed by atoms with van der Waals surface area (Å²) >= 11 is 0. The molecule has 0 amide bonds. The summed E-state index contributed by atoms with van der Waals surface area (Å²) in [5.41, 5.74) is 2.66. The zero-order valence-corrected chi connectivity index (χ0v) is 22.4. The Hall–Kier alpha value is -1.69. The highest BCUT2D eigenvalue weighted by Gasteiger charge is 2.56. The monoisotopic (exact) mass is 498 g/mol. The number of hydrogen-bond donors (Lipinski definition) is 3. The first-order valence-electron chi connectivity index (χ1n) is 14.1. The first-order valence-corrected chi connectivity index (χ1v) is 14.1. The van der Waals surface area contributed by atoms with Gasteiger partial charge < -0.3 is 20.1 Å². The van der Waals surface area contributed by atoms with Crippen LogP contribution < -0.4 is 0 Å². The predicted molar refractivity (Wildman–Crippen MR) is 142 cm³/mol. The first-order chi connectivity index (χ1) is 17.1. The second-order valence-electron chi connectivity index (χ2n) is 12.1. The Kier molecular flexibility index (Phi) is 8.33. The van der Waals surface area contributed by atoms with E-state index in [9.17, 15) is 20.1 Å². The minimum Gasteiger partial charge on any atom is -0.465 e. The van der Waals surface area contributed by atoms with E-state index < -0.39 is 23.7 Å². The van der Waals surface area contributed by atoms with Crippen molar-refractivity contribution in [3.63, 3.8) is 0 Å². The van der Waals surface area contributed by atoms with Crippen LogP contribution in [0.3, 0.4) is 0 Å². The third-order valence-corrected chi connectivity index (χ3v) is 9.73. The summed E-state index contributed by atoms with van der Waals surface area (Å²) in [6.45, 7) is 11.1. The molecule has 4 aliphatic rings. The lowest BCUT2D eigenvalue weighted by molar-refractivity contribution is -0.153. The van der Waals surface area contributed by atoms with E-state index in [1.807, 2.05) is 13.0 Å². The van der Waals surface area contributed by atoms with E-state index in [-0.39, 0.29) is 11.4 Å². The standard InChI is InChI=1S/C31H46O5/c1-5-17-36-29(35)31(15-16-31)28(34)13-8-20(2)25-11-12-26-22(7-6-14-30(25,26)4)9-10-23-18-24(32)19-27(33)21(23)3/h8-10,13,20,24-28,32-34H,3,5-7,11-12,14-19H2,1-2,4H3/t20-,24-,25-,26+,27+,28-,30-/m1/s1. The summed E-state index contributed by atoms with van der Waals surface area (Å²) in [5.74, 6) is 1.12. The van der Waals surface area contributed by atoms with Gasteiger partial charge in [-0.05, 0) is 92.1 Å². The fourth-order valence-electron chi connectivity index (χ4n) is 7.30. The molecule has 0 spiro atoms. The van der Waals surface area contributed by atoms with Crippen LogP contribution >= 0.6 is 0 Å². The molecular weight excluding hydrogens is 452 g/mol. The Morgan fingerprint density at radius 2 is 1.94 bits per heavy atom. The van der Waals surface area contributed by atoms with Gasteiger partial charge in [-0.15, -0.1) is 0 Å². The molecule has 36 heavy (non-hydrogen) atoms. The molecule has 0 saturated heterocycles. The minimum absolute atomic E-state index is 0.206. The highest BCUT2D eigenvalue weighted by molar-refractivity contribution is 5.81. The maximum absolute atomic E-state index is 12.5. The molecule has 0 aromatic carbocycles. The lowest BCUT2D eigenvalue weighted by Gasteiger charge is -2.44. The molecular formula is C31H46O5. The van der Waals surface area contributed by atoms with Gasteiger partial charge in [-0.3, -0.25) is 4.79 Å². The van der Waals surface area contributed by atoms with E-state index in [1.54, 1.807) is 0 Å². The molecule has 3 N–H and O–H groups in total. The van der Waals surface area contributed by atoms with E-state index in [1.165, 1.54) is 12.0 Å². The van der Waals surface area contributed by atoms with Crippen LogP contribution in [0.4, 0.5) is 0 Å². The lowest BCUT2D eigenvalue weighted by atomic mass is 9.61. The SMILES string of the molecule is C=C1C(=CC=C2CCC[C@]3(C)[C@@H]([C@H](C)C=C[C@@H](O)C4(C(=O)OCCC)CC4)CC[C@@H]23)C[C@@H](O)C[C@@H]1O. The van der Waals surface area contributed by atoms with Crippen molar-refractivity contribution in [3.8, 4) is 0 Å². The Labute approximate surface area is 217 Å². The normalized spacial score (nSPS) is 37.8. The van der Waals surface area contributed by atoms with Crippen molar-refractivity contribution in [1.29, 1.82) is 0 Å². The predicted octanol–water partition coefficient (Wildman–Crippen LogP) is 5.41. The Morgan fingerprint density at radius 3 is 2.64 bits per heavy atom. The van der Waals surface area contributed by atoms with Gasteiger partial charge in [-0.25, -0.2) is 0 Å². The fourth-order valence-corrected chi connectivity index (χ4v) is 7.30. The van der Waals surface area contributed by atoms with Gasteiger partial charge in [-0.1, -0.05) is 57.2 Å². The first kappa shape index (κ1) is 27.3. The average Bonchev–Trinajstić information content (AvgIpc) is 3.58. The Balaban J connectivity index is 1.44. The number of rotatable bonds is 8. The molecule has 0 aliphatic heterocycles. The number of carbonyl (C=O) groups is 1. The molecule has 200 valence electrons. The minimum atomic E-state index is -0.781. The van der Waals surface area contributed by atoms with Crippen LogP contribution in [0, 0.1) is 28.6 Å². The lowest BCUT2D eigenvalue weighted by Crippen LogP contribution is -2.36. The second-order valence-corrected chi connectivity index (χ2v) is 12.1. The number of hydrogen-bond acceptors (Lipinski definition) is 5. The van der Waals surface area contributed by atoms with E-state index in [4.69, 9.17) is 4.74 Å². The van der Waals surface area contributed by atoms with Crippen LogP contribution in [0.5, 0.6) is 0 Å². The highest BCUT2D eigenvalue weighted by Crippen LogP contribution is 2.59. The third-order valence-electron chi connectivity index (χ3n) is 9.73. The van der Waals surface area contributed by atoms with Crippen LogP contribution in [-0.4, -0.2) is 46.2 Å². The Morgan fingerprint density at radius 1 is 1.19 bits per heavy atom. The van der Waals surface area contributed by atoms with Crippen molar-refractivity contribution in [2.75, 3.05) is 6.61 Å². The molecule has 5 heteroatoms. The van der Waals surface area contributed by atoms with Crippen LogP contribution in [0.15, 0.2) is 47.6 Å². The molecule has 4 aliphatic carbocycles. The van der Waals surface area contributed by atoms with Crippen molar-refractivity contribution in [1.82, 2.24) is 0 Å². The summed E-state index contributed by atoms with van der Waals surface area (Å²) < 4.78 is 5.35. The number of esters is 1. The van der Waals surface area contributed by atoms with Crippen molar-refractivity contribution in [2.24, 2.45) is 28.6 Å². The quantitative estimate of drug-likeness (QED) is 0.308. The van der Waals surface area contributed by atoms with Crippen LogP contribution in [0.25, 0.3) is 0 Å². The van der Waals surface area contributed by atoms with Gasteiger partial charge in [-0.2, -0.15) is 0 Å². The molecule has 0 heterocycles. The summed E-state index contributed by atoms with van der Waals surface area (Å²) in [6.07, 6.45) is 15.3. The number of carbonyl (C=O) groups excluding carboxylic acids is 1. The average molecular weight is 499 g/mol. The number of aliphatic hydroxyl groups is 3. The maximum atomic E-state index is 12.5. The van der Waals surface area contributed by atoms with Crippen molar-refractivity contribution < 1.29 is 24.9 Å². The maximum Gasteiger partial charge on any atom is 0.315 e. The number of aliphatic hydroxyl groups excluding tert-OH is 3. The molecule has 0 bridgehead atoms. The van der Waals surface area contributed by atoms with Gasteiger partial charge in [0.25, 0.3) is 0 Å². The van der Waals surface area contributed by atoms with Crippen molar-refractivity contribution in [3.05, 3.63) is 47.6 Å². The molecule has 0 aromatic rings. The van der Waals surface area contributed by atoms with E-state index >= 15 is 0 Å². The van der Waals surface area contributed by atoms with Gasteiger partial charge in [0.15, 0.2) is 0 Å². The zero-order valence-electron chi connectivity index (χ0n) is 22.4. The van der Waals surface area contributed by atoms with Crippen molar-refractivity contribution in [2.45, 2.75) is 103 Å². The topological polar surface area (TPSA) is 87.0 Å². The van der Waals surface area contributed by atoms with Gasteiger partial charge >= 0.3 is 5.97 Å². The summed E-state index contributed by atoms with van der Waals surface area (Å²) in [5, 5.41) is 31.1. The molecule has 0 unspecified atom stereocenters. The summed E-state index contributed by atoms with van der Waals surface area (Å²) in [7, 11) is 0. The van der Waals surface area contributed by atoms with Crippen LogP contribution in [0.2, 0.25) is 0 Å². The van der Waals surface area contributed by atoms with Gasteiger partial charge in [0.05, 0.1) is 30.3 Å². The summed E-state index contributed by atoms with van der Waals surface area (Å²) in [4.78, 5) is 12.5. The number of allylic oxidation sites excluding steroid dienone is 4. The van der Waals surface area contributed by atoms with Crippen LogP contribution in [-0.2, 0) is 9.53 Å². The van der Waals surface area contributed by atoms with Gasteiger partial charge in [0.1, 0.15) is 0 Å². The van der Waals surface area contributed by atoms with E-state index in [0.717, 1.165) is 43.3 Å². The zero-order chi connectivity index (χ0) is 26.1. The van der Waals surface area contributed by atoms with E-state index in [2.05, 4.69) is 38.7 Å². The number of fused-ring (bicyclic) bond motifs is 1. The largest absolute Gasteiger partial charge is 0.465 e. The molecule has 7 atom stereocenters. The third kappa shape index (κ3) is 5.30. The van der Waals surface area contributed by atoms with E-state index in [0.29, 0.717) is 50.0 Å². The summed E-state index contributed by atoms with van der Waals surface area (Å²) in [6, 6.07) is 0. The Bertz CT molecular complexity index is 925. The molecule has 4 fully saturated rings. The van der Waals surface area contributed by atoms with Crippen molar-refractivity contribution >= 4 is 5.97 Å². The smallest absolute Gasteiger partial charge is 0.315 e. The molecule has 4 saturated carbocycles. The second kappa shape index (κ2) is 11.0. The number of ether oxygens (including phenoxy) is 1. The molecule has 4 rings (SSSR count).